The topological polar surface area (TPSA) is 69.0 Å². The van der Waals surface area contributed by atoms with Gasteiger partial charge in [0.2, 0.25) is 5.91 Å². The summed E-state index contributed by atoms with van der Waals surface area (Å²) in [5.41, 5.74) is 2.78. The van der Waals surface area contributed by atoms with Crippen LogP contribution >= 0.6 is 22.9 Å². The lowest BCUT2D eigenvalue weighted by molar-refractivity contribution is -0.115. The summed E-state index contributed by atoms with van der Waals surface area (Å²) in [4.78, 5) is 17.2. The summed E-state index contributed by atoms with van der Waals surface area (Å²) < 4.78 is 7.22. The number of hydrogen-bond acceptors (Lipinski definition) is 5. The summed E-state index contributed by atoms with van der Waals surface area (Å²) in [5.74, 6) is 1.33. The van der Waals surface area contributed by atoms with E-state index in [2.05, 4.69) is 15.4 Å². The first kappa shape index (κ1) is 21.1. The van der Waals surface area contributed by atoms with Gasteiger partial charge in [0.1, 0.15) is 16.6 Å². The number of nitrogens with one attached hydrogen (secondary N) is 1. The van der Waals surface area contributed by atoms with E-state index in [4.69, 9.17) is 16.3 Å². The smallest absolute Gasteiger partial charge is 0.231 e. The molecule has 4 rings (SSSR count). The van der Waals surface area contributed by atoms with E-state index in [1.54, 1.807) is 16.9 Å². The molecule has 0 saturated carbocycles. The van der Waals surface area contributed by atoms with Crippen LogP contribution in [0.2, 0.25) is 5.02 Å². The fourth-order valence-corrected chi connectivity index (χ4v) is 4.01. The monoisotopic (exact) mass is 452 g/mol. The number of thiazole rings is 1. The van der Waals surface area contributed by atoms with Crippen LogP contribution in [0.4, 0.5) is 5.82 Å². The molecule has 0 aliphatic heterocycles. The Kier molecular flexibility index (Phi) is 6.64. The lowest BCUT2D eigenvalue weighted by atomic mass is 10.2. The third kappa shape index (κ3) is 5.51. The van der Waals surface area contributed by atoms with E-state index in [0.717, 1.165) is 27.6 Å². The molecule has 158 valence electrons. The molecule has 0 aliphatic rings. The van der Waals surface area contributed by atoms with E-state index < -0.39 is 0 Å². The van der Waals surface area contributed by atoms with Gasteiger partial charge in [-0.1, -0.05) is 23.7 Å². The number of halogens is 1. The number of rotatable bonds is 8. The van der Waals surface area contributed by atoms with Crippen molar-refractivity contribution in [3.05, 3.63) is 82.5 Å². The number of nitrogens with zero attached hydrogens (tertiary/aromatic N) is 3. The van der Waals surface area contributed by atoms with E-state index in [0.29, 0.717) is 24.0 Å². The van der Waals surface area contributed by atoms with Crippen molar-refractivity contribution in [3.63, 3.8) is 0 Å². The summed E-state index contributed by atoms with van der Waals surface area (Å²) in [5, 5.41) is 10.7. The van der Waals surface area contributed by atoms with Gasteiger partial charge in [0.05, 0.1) is 31.5 Å². The minimum atomic E-state index is -0.138. The first-order chi connectivity index (χ1) is 15.1. The lowest BCUT2D eigenvalue weighted by Crippen LogP contribution is -2.18. The molecular formula is C23H21ClN4O2S. The molecule has 0 unspecified atom stereocenters. The van der Waals surface area contributed by atoms with Gasteiger partial charge in [-0.2, -0.15) is 5.10 Å². The lowest BCUT2D eigenvalue weighted by Gasteiger charge is -2.09. The van der Waals surface area contributed by atoms with Gasteiger partial charge in [-0.15, -0.1) is 11.3 Å². The number of benzene rings is 2. The van der Waals surface area contributed by atoms with Crippen molar-refractivity contribution in [1.82, 2.24) is 14.8 Å². The molecule has 0 fully saturated rings. The normalized spacial score (nSPS) is 10.8. The second kappa shape index (κ2) is 9.76. The minimum Gasteiger partial charge on any atom is -0.494 e. The highest BCUT2D eigenvalue weighted by molar-refractivity contribution is 7.13. The van der Waals surface area contributed by atoms with Crippen molar-refractivity contribution in [2.75, 3.05) is 11.9 Å². The zero-order chi connectivity index (χ0) is 21.6. The summed E-state index contributed by atoms with van der Waals surface area (Å²) >= 11 is 7.46. The third-order valence-electron chi connectivity index (χ3n) is 4.54. The van der Waals surface area contributed by atoms with Gasteiger partial charge in [0.15, 0.2) is 0 Å². The van der Waals surface area contributed by atoms with Crippen LogP contribution in [0.15, 0.2) is 66.2 Å². The Labute approximate surface area is 189 Å². The first-order valence-electron chi connectivity index (χ1n) is 9.84. The minimum absolute atomic E-state index is 0.138. The second-order valence-electron chi connectivity index (χ2n) is 6.83. The number of ether oxygens (including phenoxy) is 1. The van der Waals surface area contributed by atoms with Crippen LogP contribution < -0.4 is 10.1 Å². The van der Waals surface area contributed by atoms with Crippen molar-refractivity contribution < 1.29 is 9.53 Å². The highest BCUT2D eigenvalue weighted by atomic mass is 35.5. The fraction of sp³-hybridized carbons (Fsp3) is 0.174. The Morgan fingerprint density at radius 1 is 1.13 bits per heavy atom. The Morgan fingerprint density at radius 2 is 1.90 bits per heavy atom. The van der Waals surface area contributed by atoms with Gasteiger partial charge in [-0.25, -0.2) is 9.67 Å². The molecule has 2 heterocycles. The number of hydrogen-bond donors (Lipinski definition) is 1. The molecule has 0 aliphatic carbocycles. The molecule has 0 radical (unpaired) electrons. The van der Waals surface area contributed by atoms with E-state index in [1.165, 1.54) is 11.3 Å². The average Bonchev–Trinajstić information content (AvgIpc) is 3.40. The molecule has 2 aromatic heterocycles. The fourth-order valence-electron chi connectivity index (χ4n) is 3.06. The van der Waals surface area contributed by atoms with Crippen LogP contribution in [-0.4, -0.2) is 27.3 Å². The number of carbonyl (C=O) groups is 1. The molecule has 31 heavy (non-hydrogen) atoms. The SMILES string of the molecule is CCOc1ccc(-c2nc(CC(=O)Nc3ccnn3Cc3ccc(Cl)cc3)cs2)cc1. The van der Waals surface area contributed by atoms with E-state index in [9.17, 15) is 4.79 Å². The Balaban J connectivity index is 1.38. The zero-order valence-corrected chi connectivity index (χ0v) is 18.5. The summed E-state index contributed by atoms with van der Waals surface area (Å²) in [7, 11) is 0. The first-order valence-corrected chi connectivity index (χ1v) is 11.1. The third-order valence-corrected chi connectivity index (χ3v) is 5.73. The molecular weight excluding hydrogens is 432 g/mol. The molecule has 6 nitrogen and oxygen atoms in total. The molecule has 1 amide bonds. The summed E-state index contributed by atoms with van der Waals surface area (Å²) in [6.07, 6.45) is 1.86. The van der Waals surface area contributed by atoms with Crippen LogP contribution in [0.3, 0.4) is 0 Å². The Bertz CT molecular complexity index is 1150. The standard InChI is InChI=1S/C23H21ClN4O2S/c1-2-30-20-9-5-17(6-10-20)23-26-19(15-31-23)13-22(29)27-21-11-12-25-28(21)14-16-3-7-18(24)8-4-16/h3-12,15H,2,13-14H2,1H3,(H,27,29). The maximum absolute atomic E-state index is 12.6. The van der Waals surface area contributed by atoms with Gasteiger partial charge >= 0.3 is 0 Å². The maximum atomic E-state index is 12.6. The summed E-state index contributed by atoms with van der Waals surface area (Å²) in [6, 6.07) is 17.1. The Hall–Kier alpha value is -3.16. The van der Waals surface area contributed by atoms with Crippen molar-refractivity contribution in [3.8, 4) is 16.3 Å². The van der Waals surface area contributed by atoms with Crippen LogP contribution in [0.25, 0.3) is 10.6 Å². The quantitative estimate of drug-likeness (QED) is 0.394. The Morgan fingerprint density at radius 3 is 2.65 bits per heavy atom. The molecule has 8 heteroatoms. The molecule has 2 aromatic carbocycles. The van der Waals surface area contributed by atoms with Gasteiger partial charge < -0.3 is 10.1 Å². The maximum Gasteiger partial charge on any atom is 0.231 e. The number of aromatic nitrogens is 3. The zero-order valence-electron chi connectivity index (χ0n) is 16.9. The predicted octanol–water partition coefficient (Wildman–Crippen LogP) is 5.29. The van der Waals surface area contributed by atoms with Gasteiger partial charge in [0.25, 0.3) is 0 Å². The molecule has 0 spiro atoms. The molecule has 0 saturated heterocycles. The van der Waals surface area contributed by atoms with Crippen LogP contribution in [0.5, 0.6) is 5.75 Å². The van der Waals surface area contributed by atoms with Gasteiger partial charge in [0, 0.05) is 22.0 Å². The van der Waals surface area contributed by atoms with Crippen LogP contribution in [0.1, 0.15) is 18.2 Å². The number of amides is 1. The van der Waals surface area contributed by atoms with Crippen molar-refractivity contribution in [2.45, 2.75) is 19.9 Å². The van der Waals surface area contributed by atoms with E-state index >= 15 is 0 Å². The summed E-state index contributed by atoms with van der Waals surface area (Å²) in [6.45, 7) is 3.13. The highest BCUT2D eigenvalue weighted by Gasteiger charge is 2.12. The number of anilines is 1. The van der Waals surface area contributed by atoms with Crippen molar-refractivity contribution >= 4 is 34.7 Å². The molecule has 1 N–H and O–H groups in total. The van der Waals surface area contributed by atoms with E-state index in [1.807, 2.05) is 60.8 Å². The van der Waals surface area contributed by atoms with E-state index in [-0.39, 0.29) is 12.3 Å². The van der Waals surface area contributed by atoms with Crippen LogP contribution in [-0.2, 0) is 17.8 Å². The molecule has 0 bridgehead atoms. The van der Waals surface area contributed by atoms with Crippen LogP contribution in [0, 0.1) is 0 Å². The number of carbonyl (C=O) groups excluding carboxylic acids is 1. The predicted molar refractivity (Wildman–Crippen MR) is 124 cm³/mol. The molecule has 4 aromatic rings. The second-order valence-corrected chi connectivity index (χ2v) is 8.12. The average molecular weight is 453 g/mol. The van der Waals surface area contributed by atoms with Gasteiger partial charge in [-0.05, 0) is 48.9 Å². The highest BCUT2D eigenvalue weighted by Crippen LogP contribution is 2.26. The van der Waals surface area contributed by atoms with Crippen molar-refractivity contribution in [2.24, 2.45) is 0 Å². The largest absolute Gasteiger partial charge is 0.494 e. The van der Waals surface area contributed by atoms with Crippen molar-refractivity contribution in [1.29, 1.82) is 0 Å². The molecule has 0 atom stereocenters. The van der Waals surface area contributed by atoms with Gasteiger partial charge in [-0.3, -0.25) is 4.79 Å².